The van der Waals surface area contributed by atoms with Gasteiger partial charge in [0.2, 0.25) is 0 Å². The van der Waals surface area contributed by atoms with Crippen molar-refractivity contribution in [2.24, 2.45) is 0 Å². The Labute approximate surface area is 154 Å². The van der Waals surface area contributed by atoms with E-state index >= 15 is 0 Å². The molecule has 4 nitrogen and oxygen atoms in total. The largest absolute Gasteiger partial charge is 0.490 e. The third-order valence-corrected chi connectivity index (χ3v) is 3.76. The second-order valence-electron chi connectivity index (χ2n) is 5.76. The summed E-state index contributed by atoms with van der Waals surface area (Å²) in [6.07, 6.45) is -5.50. The summed E-state index contributed by atoms with van der Waals surface area (Å²) in [5.74, 6) is -1.58. The molecule has 0 bridgehead atoms. The maximum absolute atomic E-state index is 12.6. The first-order chi connectivity index (χ1) is 12.6. The summed E-state index contributed by atoms with van der Waals surface area (Å²) in [6, 6.07) is 11.6. The van der Waals surface area contributed by atoms with E-state index in [1.54, 1.807) is 44.2 Å². The third-order valence-electron chi connectivity index (χ3n) is 3.76. The quantitative estimate of drug-likeness (QED) is 0.443. The number of ether oxygens (including phenoxy) is 2. The molecular formula is C20H19F3O4. The number of aliphatic hydroxyl groups is 1. The van der Waals surface area contributed by atoms with Crippen molar-refractivity contribution in [3.63, 3.8) is 0 Å². The lowest BCUT2D eigenvalue weighted by Crippen LogP contribution is -2.23. The van der Waals surface area contributed by atoms with Gasteiger partial charge in [0.25, 0.3) is 0 Å². The van der Waals surface area contributed by atoms with E-state index in [4.69, 9.17) is 9.47 Å². The molecule has 27 heavy (non-hydrogen) atoms. The smallest absolute Gasteiger partial charge is 0.422 e. The maximum Gasteiger partial charge on any atom is 0.422 e. The van der Waals surface area contributed by atoms with E-state index in [0.29, 0.717) is 5.56 Å². The van der Waals surface area contributed by atoms with Gasteiger partial charge in [-0.2, -0.15) is 13.2 Å². The van der Waals surface area contributed by atoms with E-state index in [1.807, 2.05) is 0 Å². The van der Waals surface area contributed by atoms with Crippen molar-refractivity contribution in [2.45, 2.75) is 26.1 Å². The fourth-order valence-corrected chi connectivity index (χ4v) is 2.27. The van der Waals surface area contributed by atoms with Crippen LogP contribution in [0.25, 0.3) is 11.1 Å². The third kappa shape index (κ3) is 5.10. The van der Waals surface area contributed by atoms with Crippen LogP contribution in [0.5, 0.6) is 11.5 Å². The average Bonchev–Trinajstić information content (AvgIpc) is 2.62. The van der Waals surface area contributed by atoms with Crippen LogP contribution < -0.4 is 9.47 Å². The van der Waals surface area contributed by atoms with Crippen LogP contribution in [0.2, 0.25) is 0 Å². The zero-order valence-electron chi connectivity index (χ0n) is 14.8. The molecule has 144 valence electrons. The van der Waals surface area contributed by atoms with Crippen LogP contribution >= 0.6 is 0 Å². The van der Waals surface area contributed by atoms with E-state index in [-0.39, 0.29) is 18.1 Å². The second-order valence-corrected chi connectivity index (χ2v) is 5.76. The molecule has 7 heteroatoms. The highest BCUT2D eigenvalue weighted by molar-refractivity contribution is 5.91. The molecule has 0 fully saturated rings. The molecule has 0 aliphatic carbocycles. The number of carbonyl (C=O) groups is 1. The van der Waals surface area contributed by atoms with Crippen molar-refractivity contribution in [3.05, 3.63) is 60.2 Å². The summed E-state index contributed by atoms with van der Waals surface area (Å²) in [5.41, 5.74) is 0.458. The molecule has 0 aromatic heterocycles. The predicted octanol–water partition coefficient (Wildman–Crippen LogP) is 4.83. The van der Waals surface area contributed by atoms with Gasteiger partial charge >= 0.3 is 12.1 Å². The number of hydrogen-bond donors (Lipinski definition) is 1. The maximum atomic E-state index is 12.6. The van der Waals surface area contributed by atoms with Crippen molar-refractivity contribution < 1.29 is 32.5 Å². The summed E-state index contributed by atoms with van der Waals surface area (Å²) in [6.45, 7) is 6.32. The summed E-state index contributed by atoms with van der Waals surface area (Å²) in [4.78, 5) is 11.8. The SMILES string of the molecule is C=C(C(=O)Oc1cc(-c2ccc(C(C)O)cc2)ccc1OCC)C(F)(F)F. The molecular weight excluding hydrogens is 361 g/mol. The van der Waals surface area contributed by atoms with Crippen LogP contribution in [0.1, 0.15) is 25.5 Å². The number of esters is 1. The standard InChI is InChI=1S/C20H19F3O4/c1-4-26-17-10-9-16(15-7-5-14(6-8-15)13(3)24)11-18(17)27-19(25)12(2)20(21,22)23/h5-11,13,24H,2,4H2,1,3H3. The number of aliphatic hydroxyl groups excluding tert-OH is 1. The van der Waals surface area contributed by atoms with Gasteiger partial charge in [0.05, 0.1) is 12.7 Å². The van der Waals surface area contributed by atoms with E-state index in [0.717, 1.165) is 11.1 Å². The Bertz CT molecular complexity index is 824. The van der Waals surface area contributed by atoms with Gasteiger partial charge in [0.1, 0.15) is 5.57 Å². The zero-order valence-corrected chi connectivity index (χ0v) is 14.8. The van der Waals surface area contributed by atoms with Crippen molar-refractivity contribution >= 4 is 5.97 Å². The predicted molar refractivity (Wildman–Crippen MR) is 94.5 cm³/mol. The van der Waals surface area contributed by atoms with Crippen LogP contribution in [-0.4, -0.2) is 23.9 Å². The van der Waals surface area contributed by atoms with Gasteiger partial charge in [-0.3, -0.25) is 0 Å². The summed E-state index contributed by atoms with van der Waals surface area (Å²) >= 11 is 0. The highest BCUT2D eigenvalue weighted by atomic mass is 19.4. The minimum absolute atomic E-state index is 0.135. The van der Waals surface area contributed by atoms with Gasteiger partial charge in [-0.25, -0.2) is 4.79 Å². The molecule has 0 radical (unpaired) electrons. The number of halogens is 3. The molecule has 2 aromatic rings. The first kappa shape index (κ1) is 20.5. The summed E-state index contributed by atoms with van der Waals surface area (Å²) in [7, 11) is 0. The van der Waals surface area contributed by atoms with E-state index < -0.39 is 23.8 Å². The lowest BCUT2D eigenvalue weighted by atomic mass is 10.0. The van der Waals surface area contributed by atoms with Crippen LogP contribution in [0, 0.1) is 0 Å². The topological polar surface area (TPSA) is 55.8 Å². The van der Waals surface area contributed by atoms with Crippen LogP contribution in [0.3, 0.4) is 0 Å². The number of hydrogen-bond acceptors (Lipinski definition) is 4. The molecule has 1 N–H and O–H groups in total. The van der Waals surface area contributed by atoms with Crippen LogP contribution in [0.15, 0.2) is 54.6 Å². The average molecular weight is 380 g/mol. The fraction of sp³-hybridized carbons (Fsp3) is 0.250. The Morgan fingerprint density at radius 1 is 1.11 bits per heavy atom. The normalized spacial score (nSPS) is 12.4. The molecule has 1 unspecified atom stereocenters. The van der Waals surface area contributed by atoms with Crippen molar-refractivity contribution in [1.82, 2.24) is 0 Å². The van der Waals surface area contributed by atoms with Crippen molar-refractivity contribution in [3.8, 4) is 22.6 Å². The molecule has 0 heterocycles. The van der Waals surface area contributed by atoms with Crippen molar-refractivity contribution in [1.29, 1.82) is 0 Å². The Kier molecular flexibility index (Phi) is 6.28. The van der Waals surface area contributed by atoms with Gasteiger partial charge in [-0.1, -0.05) is 36.9 Å². The lowest BCUT2D eigenvalue weighted by Gasteiger charge is -2.14. The van der Waals surface area contributed by atoms with Gasteiger partial charge in [0.15, 0.2) is 11.5 Å². The zero-order chi connectivity index (χ0) is 20.2. The molecule has 0 aliphatic rings. The molecule has 0 saturated carbocycles. The summed E-state index contributed by atoms with van der Waals surface area (Å²) < 4.78 is 48.1. The molecule has 0 aliphatic heterocycles. The fourth-order valence-electron chi connectivity index (χ4n) is 2.27. The van der Waals surface area contributed by atoms with E-state index in [9.17, 15) is 23.1 Å². The number of rotatable bonds is 6. The van der Waals surface area contributed by atoms with E-state index in [2.05, 4.69) is 6.58 Å². The van der Waals surface area contributed by atoms with Gasteiger partial charge in [0, 0.05) is 0 Å². The Hall–Kier alpha value is -2.80. The Balaban J connectivity index is 2.36. The van der Waals surface area contributed by atoms with Crippen LogP contribution in [0.4, 0.5) is 13.2 Å². The van der Waals surface area contributed by atoms with E-state index in [1.165, 1.54) is 12.1 Å². The first-order valence-corrected chi connectivity index (χ1v) is 8.17. The molecule has 0 amide bonds. The minimum Gasteiger partial charge on any atom is -0.490 e. The second kappa shape index (κ2) is 8.26. The van der Waals surface area contributed by atoms with Gasteiger partial charge < -0.3 is 14.6 Å². The highest BCUT2D eigenvalue weighted by Gasteiger charge is 2.38. The van der Waals surface area contributed by atoms with Crippen molar-refractivity contribution in [2.75, 3.05) is 6.61 Å². The molecule has 0 saturated heterocycles. The summed E-state index contributed by atoms with van der Waals surface area (Å²) in [5, 5.41) is 9.57. The first-order valence-electron chi connectivity index (χ1n) is 8.17. The Morgan fingerprint density at radius 2 is 1.70 bits per heavy atom. The molecule has 2 aromatic carbocycles. The number of alkyl halides is 3. The highest BCUT2D eigenvalue weighted by Crippen LogP contribution is 2.35. The molecule has 0 spiro atoms. The van der Waals surface area contributed by atoms with Crippen LogP contribution in [-0.2, 0) is 4.79 Å². The van der Waals surface area contributed by atoms with Gasteiger partial charge in [-0.15, -0.1) is 0 Å². The lowest BCUT2D eigenvalue weighted by molar-refractivity contribution is -0.142. The Morgan fingerprint density at radius 3 is 2.22 bits per heavy atom. The van der Waals surface area contributed by atoms with Gasteiger partial charge in [-0.05, 0) is 42.7 Å². The number of benzene rings is 2. The molecule has 1 atom stereocenters. The minimum atomic E-state index is -4.88. The molecule has 2 rings (SSSR count). The number of carbonyl (C=O) groups excluding carboxylic acids is 1. The monoisotopic (exact) mass is 380 g/mol.